The summed E-state index contributed by atoms with van der Waals surface area (Å²) >= 11 is 0. The third-order valence-corrected chi connectivity index (χ3v) is 4.25. The van der Waals surface area contributed by atoms with Crippen molar-refractivity contribution in [2.45, 2.75) is 20.8 Å². The lowest BCUT2D eigenvalue weighted by molar-refractivity contribution is 0.611. The van der Waals surface area contributed by atoms with Gasteiger partial charge in [0.05, 0.1) is 0 Å². The first-order chi connectivity index (χ1) is 11.1. The van der Waals surface area contributed by atoms with E-state index in [9.17, 15) is 4.79 Å². The van der Waals surface area contributed by atoms with E-state index in [4.69, 9.17) is 4.42 Å². The van der Waals surface area contributed by atoms with Crippen molar-refractivity contribution in [2.75, 3.05) is 18.0 Å². The Hall–Kier alpha value is -2.62. The first-order valence-electron chi connectivity index (χ1n) is 7.84. The predicted octanol–water partition coefficient (Wildman–Crippen LogP) is 4.09. The summed E-state index contributed by atoms with van der Waals surface area (Å²) in [6.07, 6.45) is 1.58. The van der Waals surface area contributed by atoms with Crippen LogP contribution < -0.4 is 10.3 Å². The lowest BCUT2D eigenvalue weighted by atomic mass is 10.0. The lowest BCUT2D eigenvalue weighted by Gasteiger charge is -2.21. The summed E-state index contributed by atoms with van der Waals surface area (Å²) in [5.74, 6) is 0.516. The summed E-state index contributed by atoms with van der Waals surface area (Å²) in [4.78, 5) is 19.0. The molecule has 0 saturated heterocycles. The minimum Gasteiger partial charge on any atom is -0.453 e. The van der Waals surface area contributed by atoms with Crippen LogP contribution in [-0.4, -0.2) is 18.1 Å². The Morgan fingerprint density at radius 3 is 2.65 bits per heavy atom. The Kier molecular flexibility index (Phi) is 3.90. The SMILES string of the molecule is C=Cc1c(C)c2nc3ccc(N(CC)CC)cc3oc-2cc1=O. The fourth-order valence-corrected chi connectivity index (χ4v) is 2.93. The molecule has 1 aliphatic heterocycles. The minimum atomic E-state index is -0.0882. The molecule has 0 aromatic heterocycles. The van der Waals surface area contributed by atoms with E-state index in [1.807, 2.05) is 19.1 Å². The molecule has 4 heteroatoms. The summed E-state index contributed by atoms with van der Waals surface area (Å²) in [5.41, 5.74) is 4.57. The summed E-state index contributed by atoms with van der Waals surface area (Å²) in [6, 6.07) is 7.49. The number of hydrogen-bond donors (Lipinski definition) is 0. The van der Waals surface area contributed by atoms with E-state index in [0.29, 0.717) is 22.6 Å². The molecule has 0 unspecified atom stereocenters. The number of hydrogen-bond acceptors (Lipinski definition) is 4. The number of rotatable bonds is 4. The van der Waals surface area contributed by atoms with Gasteiger partial charge in [-0.1, -0.05) is 12.7 Å². The van der Waals surface area contributed by atoms with Crippen LogP contribution >= 0.6 is 0 Å². The lowest BCUT2D eigenvalue weighted by Crippen LogP contribution is -2.21. The van der Waals surface area contributed by atoms with Crippen LogP contribution in [-0.2, 0) is 0 Å². The van der Waals surface area contributed by atoms with E-state index in [0.717, 1.165) is 29.9 Å². The van der Waals surface area contributed by atoms with Crippen LogP contribution in [0.1, 0.15) is 25.0 Å². The number of nitrogens with zero attached hydrogens (tertiary/aromatic N) is 2. The quantitative estimate of drug-likeness (QED) is 0.681. The summed E-state index contributed by atoms with van der Waals surface area (Å²) in [7, 11) is 0. The van der Waals surface area contributed by atoms with Gasteiger partial charge >= 0.3 is 0 Å². The van der Waals surface area contributed by atoms with Gasteiger partial charge in [0, 0.05) is 36.5 Å². The zero-order valence-corrected chi connectivity index (χ0v) is 13.7. The van der Waals surface area contributed by atoms with Crippen molar-refractivity contribution < 1.29 is 4.42 Å². The maximum atomic E-state index is 12.1. The fourth-order valence-electron chi connectivity index (χ4n) is 2.93. The predicted molar refractivity (Wildman–Crippen MR) is 95.3 cm³/mol. The maximum Gasteiger partial charge on any atom is 0.189 e. The molecule has 23 heavy (non-hydrogen) atoms. The van der Waals surface area contributed by atoms with Gasteiger partial charge in [-0.05, 0) is 38.5 Å². The normalized spacial score (nSPS) is 11.1. The van der Waals surface area contributed by atoms with Gasteiger partial charge in [-0.25, -0.2) is 4.98 Å². The molecule has 0 spiro atoms. The van der Waals surface area contributed by atoms with E-state index < -0.39 is 0 Å². The van der Waals surface area contributed by atoms with Crippen molar-refractivity contribution in [2.24, 2.45) is 0 Å². The standard InChI is InChI=1S/C19H20N2O2/c1-5-14-12(4)19-18(11-16(14)22)23-17-10-13(21(6-2)7-3)8-9-15(17)20-19/h5,8-11H,1,6-7H2,2-4H3. The fraction of sp³-hybridized carbons (Fsp3) is 0.263. The Balaban J connectivity index is 2.28. The van der Waals surface area contributed by atoms with Gasteiger partial charge in [0.15, 0.2) is 16.8 Å². The summed E-state index contributed by atoms with van der Waals surface area (Å²) in [6.45, 7) is 11.7. The zero-order valence-electron chi connectivity index (χ0n) is 13.7. The first-order valence-corrected chi connectivity index (χ1v) is 7.84. The molecular formula is C19H20N2O2. The number of anilines is 1. The third-order valence-electron chi connectivity index (χ3n) is 4.25. The highest BCUT2D eigenvalue weighted by Gasteiger charge is 2.17. The van der Waals surface area contributed by atoms with Crippen molar-refractivity contribution in [3.05, 3.63) is 52.2 Å². The molecule has 1 aromatic rings. The molecule has 1 aliphatic carbocycles. The second-order valence-corrected chi connectivity index (χ2v) is 5.50. The van der Waals surface area contributed by atoms with Gasteiger partial charge in [0.2, 0.25) is 0 Å². The van der Waals surface area contributed by atoms with Crippen molar-refractivity contribution in [3.8, 4) is 11.5 Å². The topological polar surface area (TPSA) is 46.3 Å². The molecule has 2 aliphatic rings. The molecule has 0 radical (unpaired) electrons. The van der Waals surface area contributed by atoms with Gasteiger partial charge in [-0.3, -0.25) is 4.79 Å². The second-order valence-electron chi connectivity index (χ2n) is 5.50. The minimum absolute atomic E-state index is 0.0882. The molecule has 0 N–H and O–H groups in total. The van der Waals surface area contributed by atoms with Crippen LogP contribution in [0.3, 0.4) is 0 Å². The molecule has 118 valence electrons. The van der Waals surface area contributed by atoms with Crippen molar-refractivity contribution >= 4 is 22.9 Å². The maximum absolute atomic E-state index is 12.1. The summed E-state index contributed by atoms with van der Waals surface area (Å²) in [5, 5.41) is 0. The van der Waals surface area contributed by atoms with Gasteiger partial charge in [-0.15, -0.1) is 0 Å². The number of benzene rings is 2. The molecule has 4 nitrogen and oxygen atoms in total. The number of fused-ring (bicyclic) bond motifs is 2. The molecule has 0 fully saturated rings. The first kappa shape index (κ1) is 15.3. The average molecular weight is 308 g/mol. The van der Waals surface area contributed by atoms with Crippen LogP contribution in [0.4, 0.5) is 5.69 Å². The molecule has 0 amide bonds. The highest BCUT2D eigenvalue weighted by atomic mass is 16.3. The van der Waals surface area contributed by atoms with Gasteiger partial charge in [0.1, 0.15) is 11.2 Å². The smallest absolute Gasteiger partial charge is 0.189 e. The van der Waals surface area contributed by atoms with Crippen molar-refractivity contribution in [1.82, 2.24) is 4.98 Å². The van der Waals surface area contributed by atoms with Crippen molar-refractivity contribution in [3.63, 3.8) is 0 Å². The van der Waals surface area contributed by atoms with Gasteiger partial charge in [0.25, 0.3) is 0 Å². The van der Waals surface area contributed by atoms with Crippen LogP contribution in [0.25, 0.3) is 28.6 Å². The number of aromatic nitrogens is 1. The van der Waals surface area contributed by atoms with Crippen LogP contribution in [0, 0.1) is 6.92 Å². The van der Waals surface area contributed by atoms with E-state index in [1.54, 1.807) is 6.08 Å². The van der Waals surface area contributed by atoms with Crippen LogP contribution in [0.15, 0.2) is 40.1 Å². The van der Waals surface area contributed by atoms with Crippen LogP contribution in [0.2, 0.25) is 0 Å². The molecule has 0 saturated carbocycles. The highest BCUT2D eigenvalue weighted by Crippen LogP contribution is 2.30. The average Bonchev–Trinajstić information content (AvgIpc) is 2.55. The highest BCUT2D eigenvalue weighted by molar-refractivity contribution is 5.81. The molecule has 0 atom stereocenters. The van der Waals surface area contributed by atoms with Gasteiger partial charge in [-0.2, -0.15) is 0 Å². The van der Waals surface area contributed by atoms with E-state index in [-0.39, 0.29) is 5.43 Å². The zero-order chi connectivity index (χ0) is 16.6. The molecule has 1 aromatic carbocycles. The van der Waals surface area contributed by atoms with Gasteiger partial charge < -0.3 is 9.32 Å². The summed E-state index contributed by atoms with van der Waals surface area (Å²) < 4.78 is 5.96. The van der Waals surface area contributed by atoms with Crippen molar-refractivity contribution in [1.29, 1.82) is 0 Å². The van der Waals surface area contributed by atoms with E-state index in [1.165, 1.54) is 6.07 Å². The Morgan fingerprint density at radius 2 is 2.00 bits per heavy atom. The molecule has 0 bridgehead atoms. The van der Waals surface area contributed by atoms with Crippen LogP contribution in [0.5, 0.6) is 0 Å². The second kappa shape index (κ2) is 5.88. The Morgan fingerprint density at radius 1 is 1.26 bits per heavy atom. The Labute approximate surface area is 135 Å². The molecule has 1 heterocycles. The monoisotopic (exact) mass is 308 g/mol. The van der Waals surface area contributed by atoms with E-state index in [2.05, 4.69) is 36.4 Å². The Bertz CT molecular complexity index is 907. The molecular weight excluding hydrogens is 288 g/mol. The van der Waals surface area contributed by atoms with E-state index >= 15 is 0 Å². The largest absolute Gasteiger partial charge is 0.453 e. The molecule has 3 rings (SSSR count). The third kappa shape index (κ3) is 2.50.